The van der Waals surface area contributed by atoms with Gasteiger partial charge in [0.2, 0.25) is 5.82 Å². The van der Waals surface area contributed by atoms with E-state index in [1.54, 1.807) is 16.7 Å². The predicted octanol–water partition coefficient (Wildman–Crippen LogP) is 5.70. The average Bonchev–Trinajstić information content (AvgIpc) is 3.74. The molecule has 1 aliphatic carbocycles. The number of nitrogens with zero attached hydrogens (tertiary/aromatic N) is 7. The SMILES string of the molecule is CCCn1c(=O)n(-c2ccccc2)c(=O)c2c1nc(C1CCCCC1)n2Cc1ccc(-c2ccccc2-c2nn[nH]n2)cc1. The maximum absolute atomic E-state index is 14.3. The minimum absolute atomic E-state index is 0.243. The van der Waals surface area contributed by atoms with Crippen LogP contribution in [0.25, 0.3) is 39.4 Å². The van der Waals surface area contributed by atoms with Gasteiger partial charge in [0.05, 0.1) is 5.69 Å². The second kappa shape index (κ2) is 11.9. The van der Waals surface area contributed by atoms with Gasteiger partial charge < -0.3 is 4.57 Å². The summed E-state index contributed by atoms with van der Waals surface area (Å²) in [6, 6.07) is 25.5. The van der Waals surface area contributed by atoms with Crippen LogP contribution in [0.5, 0.6) is 0 Å². The van der Waals surface area contributed by atoms with Gasteiger partial charge in [-0.2, -0.15) is 5.21 Å². The Bertz CT molecular complexity index is 2020. The van der Waals surface area contributed by atoms with Crippen molar-refractivity contribution in [1.29, 1.82) is 0 Å². The molecule has 0 atom stereocenters. The summed E-state index contributed by atoms with van der Waals surface area (Å²) >= 11 is 0. The molecule has 0 spiro atoms. The van der Waals surface area contributed by atoms with Crippen LogP contribution in [0.15, 0.2) is 88.5 Å². The summed E-state index contributed by atoms with van der Waals surface area (Å²) in [7, 11) is 0. The average molecular weight is 587 g/mol. The fourth-order valence-corrected chi connectivity index (χ4v) is 6.50. The smallest absolute Gasteiger partial charge is 0.317 e. The van der Waals surface area contributed by atoms with E-state index in [0.29, 0.717) is 35.8 Å². The minimum atomic E-state index is -0.347. The molecule has 6 aromatic rings. The van der Waals surface area contributed by atoms with E-state index in [-0.39, 0.29) is 17.2 Å². The molecule has 0 bridgehead atoms. The van der Waals surface area contributed by atoms with Crippen LogP contribution in [0.2, 0.25) is 0 Å². The topological polar surface area (TPSA) is 116 Å². The Hall–Kier alpha value is -5.12. The summed E-state index contributed by atoms with van der Waals surface area (Å²) in [5.41, 5.74) is 4.82. The fraction of sp³-hybridized carbons (Fsp3) is 0.294. The number of tetrazole rings is 1. The summed E-state index contributed by atoms with van der Waals surface area (Å²) < 4.78 is 5.07. The van der Waals surface area contributed by atoms with Crippen molar-refractivity contribution < 1.29 is 0 Å². The van der Waals surface area contributed by atoms with Crippen molar-refractivity contribution in [3.8, 4) is 28.2 Å². The van der Waals surface area contributed by atoms with E-state index >= 15 is 0 Å². The molecule has 1 fully saturated rings. The highest BCUT2D eigenvalue weighted by molar-refractivity contribution is 5.80. The summed E-state index contributed by atoms with van der Waals surface area (Å²) in [5.74, 6) is 1.69. The lowest BCUT2D eigenvalue weighted by Gasteiger charge is -2.22. The largest absolute Gasteiger partial charge is 0.337 e. The molecule has 44 heavy (non-hydrogen) atoms. The van der Waals surface area contributed by atoms with E-state index in [2.05, 4.69) is 49.5 Å². The van der Waals surface area contributed by atoms with E-state index in [4.69, 9.17) is 4.98 Å². The van der Waals surface area contributed by atoms with Gasteiger partial charge in [0, 0.05) is 24.6 Å². The molecule has 7 rings (SSSR count). The van der Waals surface area contributed by atoms with Crippen molar-refractivity contribution in [2.45, 2.75) is 64.5 Å². The van der Waals surface area contributed by atoms with Crippen molar-refractivity contribution in [2.24, 2.45) is 0 Å². The molecule has 3 aromatic carbocycles. The Kier molecular flexibility index (Phi) is 7.47. The number of para-hydroxylation sites is 1. The molecule has 1 saturated carbocycles. The standard InChI is InChI=1S/C34H34N8O2/c1-2-21-40-32-29(33(43)42(34(40)44)26-13-7-4-8-14-26)41(31(35-32)25-11-5-3-6-12-25)22-23-17-19-24(20-18-23)27-15-9-10-16-28(27)30-36-38-39-37-30/h4,7-10,13-20,25H,2-3,5-6,11-12,21-22H2,1H3,(H,36,37,38,39). The van der Waals surface area contributed by atoms with Gasteiger partial charge in [-0.15, -0.1) is 10.2 Å². The minimum Gasteiger partial charge on any atom is -0.317 e. The van der Waals surface area contributed by atoms with E-state index in [1.165, 1.54) is 11.0 Å². The van der Waals surface area contributed by atoms with Gasteiger partial charge in [0.15, 0.2) is 11.2 Å². The third kappa shape index (κ3) is 4.96. The lowest BCUT2D eigenvalue weighted by Crippen LogP contribution is -2.39. The van der Waals surface area contributed by atoms with Crippen molar-refractivity contribution >= 4 is 11.2 Å². The van der Waals surface area contributed by atoms with E-state index in [1.807, 2.05) is 49.4 Å². The van der Waals surface area contributed by atoms with Crippen LogP contribution in [-0.4, -0.2) is 39.3 Å². The summed E-state index contributed by atoms with van der Waals surface area (Å²) in [6.07, 6.45) is 6.29. The number of hydrogen-bond donors (Lipinski definition) is 1. The highest BCUT2D eigenvalue weighted by Gasteiger charge is 2.27. The first-order valence-electron chi connectivity index (χ1n) is 15.4. The number of hydrogen-bond acceptors (Lipinski definition) is 6. The Morgan fingerprint density at radius 3 is 2.27 bits per heavy atom. The molecule has 1 N–H and O–H groups in total. The van der Waals surface area contributed by atoms with Gasteiger partial charge in [-0.05, 0) is 53.3 Å². The number of H-pyrrole nitrogens is 1. The van der Waals surface area contributed by atoms with Crippen LogP contribution < -0.4 is 11.2 Å². The van der Waals surface area contributed by atoms with Crippen LogP contribution in [0.3, 0.4) is 0 Å². The van der Waals surface area contributed by atoms with Crippen molar-refractivity contribution in [3.05, 3.63) is 111 Å². The van der Waals surface area contributed by atoms with Gasteiger partial charge in [0.25, 0.3) is 5.56 Å². The number of fused-ring (bicyclic) bond motifs is 1. The van der Waals surface area contributed by atoms with Gasteiger partial charge in [-0.25, -0.2) is 14.3 Å². The zero-order valence-electron chi connectivity index (χ0n) is 24.7. The van der Waals surface area contributed by atoms with Crippen LogP contribution in [0, 0.1) is 0 Å². The van der Waals surface area contributed by atoms with Crippen molar-refractivity contribution in [2.75, 3.05) is 0 Å². The third-order valence-electron chi connectivity index (χ3n) is 8.61. The van der Waals surface area contributed by atoms with E-state index < -0.39 is 0 Å². The second-order valence-corrected chi connectivity index (χ2v) is 11.5. The van der Waals surface area contributed by atoms with Crippen LogP contribution in [0.4, 0.5) is 0 Å². The third-order valence-corrected chi connectivity index (χ3v) is 8.61. The van der Waals surface area contributed by atoms with Crippen LogP contribution in [0.1, 0.15) is 62.8 Å². The predicted molar refractivity (Wildman–Crippen MR) is 170 cm³/mol. The molecule has 0 radical (unpaired) electrons. The first kappa shape index (κ1) is 27.7. The monoisotopic (exact) mass is 586 g/mol. The molecule has 0 saturated heterocycles. The highest BCUT2D eigenvalue weighted by Crippen LogP contribution is 2.34. The number of nitrogens with one attached hydrogen (secondary N) is 1. The molecule has 3 heterocycles. The number of imidazole rings is 1. The molecule has 0 amide bonds. The van der Waals surface area contributed by atoms with Crippen LogP contribution >= 0.6 is 0 Å². The number of benzene rings is 3. The maximum Gasteiger partial charge on any atom is 0.337 e. The Labute approximate surface area is 254 Å². The number of aryl methyl sites for hydroxylation is 1. The first-order valence-corrected chi connectivity index (χ1v) is 15.4. The lowest BCUT2D eigenvalue weighted by atomic mass is 9.88. The number of aromatic nitrogens is 8. The molecule has 0 aliphatic heterocycles. The summed E-state index contributed by atoms with van der Waals surface area (Å²) in [6.45, 7) is 3.00. The highest BCUT2D eigenvalue weighted by atomic mass is 16.2. The van der Waals surface area contributed by atoms with Crippen molar-refractivity contribution in [3.63, 3.8) is 0 Å². The van der Waals surface area contributed by atoms with E-state index in [0.717, 1.165) is 60.2 Å². The number of rotatable bonds is 8. The molecular weight excluding hydrogens is 552 g/mol. The van der Waals surface area contributed by atoms with E-state index in [9.17, 15) is 9.59 Å². The molecule has 0 unspecified atom stereocenters. The Morgan fingerprint density at radius 1 is 0.841 bits per heavy atom. The lowest BCUT2D eigenvalue weighted by molar-refractivity contribution is 0.420. The first-order chi connectivity index (χ1) is 21.6. The Morgan fingerprint density at radius 2 is 1.57 bits per heavy atom. The zero-order valence-corrected chi connectivity index (χ0v) is 24.7. The second-order valence-electron chi connectivity index (χ2n) is 11.5. The summed E-state index contributed by atoms with van der Waals surface area (Å²) in [5, 5.41) is 14.6. The van der Waals surface area contributed by atoms with Gasteiger partial charge in [0.1, 0.15) is 5.82 Å². The molecule has 10 heteroatoms. The van der Waals surface area contributed by atoms with Gasteiger partial charge in [-0.1, -0.05) is 92.9 Å². The van der Waals surface area contributed by atoms with Gasteiger partial charge >= 0.3 is 5.69 Å². The fourth-order valence-electron chi connectivity index (χ4n) is 6.50. The number of aromatic amines is 1. The molecule has 1 aliphatic rings. The Balaban J connectivity index is 1.37. The molecule has 222 valence electrons. The molecule has 10 nitrogen and oxygen atoms in total. The molecule has 3 aromatic heterocycles. The normalized spacial score (nSPS) is 13.9. The van der Waals surface area contributed by atoms with Crippen molar-refractivity contribution in [1.82, 2.24) is 39.3 Å². The van der Waals surface area contributed by atoms with Gasteiger partial charge in [-0.3, -0.25) is 9.36 Å². The quantitative estimate of drug-likeness (QED) is 0.245. The maximum atomic E-state index is 14.3. The summed E-state index contributed by atoms with van der Waals surface area (Å²) in [4.78, 5) is 33.2. The zero-order chi connectivity index (χ0) is 30.0. The molecular formula is C34H34N8O2. The van der Waals surface area contributed by atoms with Crippen LogP contribution in [-0.2, 0) is 13.1 Å².